The Hall–Kier alpha value is -0.130. The van der Waals surface area contributed by atoms with Gasteiger partial charge in [0.1, 0.15) is 0 Å². The molecule has 1 atom stereocenters. The number of hydrogen-bond acceptors (Lipinski definition) is 3. The Kier molecular flexibility index (Phi) is 5.04. The minimum atomic E-state index is -3.09. The molecule has 0 radical (unpaired) electrons. The second-order valence-electron chi connectivity index (χ2n) is 6.07. The largest absolute Gasteiger partial charge is 0.316 e. The van der Waals surface area contributed by atoms with Crippen molar-refractivity contribution in [3.63, 3.8) is 0 Å². The summed E-state index contributed by atoms with van der Waals surface area (Å²) in [7, 11) is -3.09. The molecule has 1 saturated heterocycles. The van der Waals surface area contributed by atoms with Crippen molar-refractivity contribution in [1.29, 1.82) is 0 Å². The summed E-state index contributed by atoms with van der Waals surface area (Å²) in [4.78, 5) is 0. The predicted octanol–water partition coefficient (Wildman–Crippen LogP) is 1.48. The molecule has 0 aromatic heterocycles. The number of rotatable bonds is 4. The molecular weight excluding hydrogens is 248 g/mol. The van der Waals surface area contributed by atoms with E-state index in [0.717, 1.165) is 57.5 Å². The fraction of sp³-hybridized carbons (Fsp3) is 1.00. The molecule has 18 heavy (non-hydrogen) atoms. The van der Waals surface area contributed by atoms with Gasteiger partial charge in [0.25, 0.3) is 0 Å². The first-order valence-corrected chi connectivity index (χ1v) is 8.91. The Morgan fingerprint density at radius 2 is 1.89 bits per heavy atom. The summed E-state index contributed by atoms with van der Waals surface area (Å²) in [5.74, 6) is 1.35. The molecular formula is C13H26N2O2S. The zero-order valence-corrected chi connectivity index (χ0v) is 12.1. The third-order valence-electron chi connectivity index (χ3n) is 4.22. The van der Waals surface area contributed by atoms with Crippen molar-refractivity contribution >= 4 is 10.0 Å². The van der Waals surface area contributed by atoms with E-state index in [1.54, 1.807) is 0 Å². The van der Waals surface area contributed by atoms with Crippen LogP contribution in [-0.4, -0.2) is 33.3 Å². The summed E-state index contributed by atoms with van der Waals surface area (Å²) >= 11 is 0. The van der Waals surface area contributed by atoms with Gasteiger partial charge in [0, 0.05) is 6.04 Å². The lowest BCUT2D eigenvalue weighted by molar-refractivity contribution is 0.330. The predicted molar refractivity (Wildman–Crippen MR) is 73.9 cm³/mol. The molecule has 4 nitrogen and oxygen atoms in total. The molecule has 2 N–H and O–H groups in total. The third kappa shape index (κ3) is 4.52. The summed E-state index contributed by atoms with van der Waals surface area (Å²) in [6, 6.07) is 0.183. The first-order valence-electron chi connectivity index (χ1n) is 7.26. The highest BCUT2D eigenvalue weighted by Gasteiger charge is 2.26. The molecule has 1 aliphatic carbocycles. The van der Waals surface area contributed by atoms with E-state index in [-0.39, 0.29) is 6.04 Å². The Morgan fingerprint density at radius 1 is 1.17 bits per heavy atom. The molecule has 1 unspecified atom stereocenters. The second-order valence-corrected chi connectivity index (χ2v) is 7.87. The van der Waals surface area contributed by atoms with Gasteiger partial charge < -0.3 is 5.32 Å². The molecule has 0 amide bonds. The average molecular weight is 274 g/mol. The van der Waals surface area contributed by atoms with Gasteiger partial charge >= 0.3 is 0 Å². The molecule has 1 saturated carbocycles. The summed E-state index contributed by atoms with van der Waals surface area (Å²) in [6.07, 6.45) is 6.44. The van der Waals surface area contributed by atoms with Crippen molar-refractivity contribution < 1.29 is 8.42 Å². The summed E-state index contributed by atoms with van der Waals surface area (Å²) in [5.41, 5.74) is 0. The summed E-state index contributed by atoms with van der Waals surface area (Å²) in [5, 5.41) is 3.27. The van der Waals surface area contributed by atoms with Crippen LogP contribution in [0, 0.1) is 11.8 Å². The van der Waals surface area contributed by atoms with Crippen molar-refractivity contribution in [2.24, 2.45) is 11.8 Å². The van der Waals surface area contributed by atoms with E-state index in [9.17, 15) is 8.42 Å². The minimum Gasteiger partial charge on any atom is -0.316 e. The maximum absolute atomic E-state index is 12.1. The van der Waals surface area contributed by atoms with Gasteiger partial charge in [0.15, 0.2) is 0 Å². The third-order valence-corrected chi connectivity index (χ3v) is 5.82. The Morgan fingerprint density at radius 3 is 2.50 bits per heavy atom. The van der Waals surface area contributed by atoms with Crippen molar-refractivity contribution in [2.45, 2.75) is 51.5 Å². The number of piperidine rings is 1. The van der Waals surface area contributed by atoms with Crippen LogP contribution >= 0.6 is 0 Å². The van der Waals surface area contributed by atoms with E-state index in [1.807, 2.05) is 0 Å². The molecule has 1 aliphatic heterocycles. The summed E-state index contributed by atoms with van der Waals surface area (Å²) < 4.78 is 27.1. The first kappa shape index (κ1) is 14.3. The molecule has 2 aliphatic rings. The highest BCUT2D eigenvalue weighted by molar-refractivity contribution is 7.89. The van der Waals surface area contributed by atoms with Crippen LogP contribution in [0.2, 0.25) is 0 Å². The molecule has 0 aromatic rings. The lowest BCUT2D eigenvalue weighted by Gasteiger charge is -2.28. The standard InChI is InChI=1S/C13H26N2O2S/c1-11-4-6-13(7-5-11)15-18(16,17)10-12-3-2-8-14-9-12/h11-15H,2-10H2,1H3. The van der Waals surface area contributed by atoms with Crippen LogP contribution in [0.3, 0.4) is 0 Å². The normalized spacial score (nSPS) is 34.4. The van der Waals surface area contributed by atoms with E-state index in [1.165, 1.54) is 0 Å². The van der Waals surface area contributed by atoms with E-state index < -0.39 is 10.0 Å². The van der Waals surface area contributed by atoms with Crippen molar-refractivity contribution in [3.05, 3.63) is 0 Å². The quantitative estimate of drug-likeness (QED) is 0.816. The lowest BCUT2D eigenvalue weighted by atomic mass is 9.88. The van der Waals surface area contributed by atoms with E-state index in [2.05, 4.69) is 17.0 Å². The second kappa shape index (κ2) is 6.35. The zero-order valence-electron chi connectivity index (χ0n) is 11.3. The molecule has 1 heterocycles. The Balaban J connectivity index is 1.79. The van der Waals surface area contributed by atoms with Gasteiger partial charge in [0.05, 0.1) is 5.75 Å². The van der Waals surface area contributed by atoms with Gasteiger partial charge in [-0.1, -0.05) is 6.92 Å². The van der Waals surface area contributed by atoms with Crippen molar-refractivity contribution in [1.82, 2.24) is 10.0 Å². The molecule has 106 valence electrons. The van der Waals surface area contributed by atoms with Gasteiger partial charge in [-0.15, -0.1) is 0 Å². The van der Waals surface area contributed by atoms with Crippen LogP contribution in [0.4, 0.5) is 0 Å². The van der Waals surface area contributed by atoms with Crippen LogP contribution in [0.25, 0.3) is 0 Å². The molecule has 0 aromatic carbocycles. The topological polar surface area (TPSA) is 58.2 Å². The van der Waals surface area contributed by atoms with Crippen LogP contribution in [0.5, 0.6) is 0 Å². The minimum absolute atomic E-state index is 0.183. The van der Waals surface area contributed by atoms with Gasteiger partial charge in [-0.25, -0.2) is 13.1 Å². The van der Waals surface area contributed by atoms with Crippen LogP contribution in [0.15, 0.2) is 0 Å². The average Bonchev–Trinajstić information content (AvgIpc) is 2.32. The first-order chi connectivity index (χ1) is 8.55. The van der Waals surface area contributed by atoms with Crippen molar-refractivity contribution in [2.75, 3.05) is 18.8 Å². The zero-order chi connectivity index (χ0) is 13.0. The van der Waals surface area contributed by atoms with E-state index in [4.69, 9.17) is 0 Å². The highest BCUT2D eigenvalue weighted by atomic mass is 32.2. The molecule has 0 bridgehead atoms. The van der Waals surface area contributed by atoms with Crippen LogP contribution in [0.1, 0.15) is 45.4 Å². The van der Waals surface area contributed by atoms with E-state index in [0.29, 0.717) is 11.7 Å². The van der Waals surface area contributed by atoms with Gasteiger partial charge in [-0.2, -0.15) is 0 Å². The van der Waals surface area contributed by atoms with Gasteiger partial charge in [-0.3, -0.25) is 0 Å². The Labute approximate surface area is 111 Å². The van der Waals surface area contributed by atoms with Gasteiger partial charge in [0.2, 0.25) is 10.0 Å². The molecule has 2 rings (SSSR count). The lowest BCUT2D eigenvalue weighted by Crippen LogP contribution is -2.42. The maximum Gasteiger partial charge on any atom is 0.212 e. The van der Waals surface area contributed by atoms with E-state index >= 15 is 0 Å². The highest BCUT2D eigenvalue weighted by Crippen LogP contribution is 2.24. The summed E-state index contributed by atoms with van der Waals surface area (Å²) in [6.45, 7) is 4.13. The SMILES string of the molecule is CC1CCC(NS(=O)(=O)CC2CCCNC2)CC1. The fourth-order valence-corrected chi connectivity index (χ4v) is 4.80. The molecule has 5 heteroatoms. The van der Waals surface area contributed by atoms with Crippen molar-refractivity contribution in [3.8, 4) is 0 Å². The Bertz CT molecular complexity index is 342. The monoisotopic (exact) mass is 274 g/mol. The number of nitrogens with one attached hydrogen (secondary N) is 2. The maximum atomic E-state index is 12.1. The number of hydrogen-bond donors (Lipinski definition) is 2. The van der Waals surface area contributed by atoms with Crippen LogP contribution < -0.4 is 10.0 Å². The van der Waals surface area contributed by atoms with Crippen LogP contribution in [-0.2, 0) is 10.0 Å². The molecule has 2 fully saturated rings. The fourth-order valence-electron chi connectivity index (χ4n) is 3.06. The smallest absolute Gasteiger partial charge is 0.212 e. The number of sulfonamides is 1. The van der Waals surface area contributed by atoms with Gasteiger partial charge in [-0.05, 0) is 63.5 Å². The molecule has 0 spiro atoms.